The molecular formula is C22H14Cl2O2S2. The molecule has 2 N–H and O–H groups in total. The zero-order chi connectivity index (χ0) is 19.5. The van der Waals surface area contributed by atoms with E-state index in [1.807, 2.05) is 47.2 Å². The number of aliphatic hydroxyl groups is 2. The van der Waals surface area contributed by atoms with Crippen LogP contribution in [0.2, 0.25) is 10.0 Å². The van der Waals surface area contributed by atoms with Crippen molar-refractivity contribution in [3.8, 4) is 0 Å². The second kappa shape index (κ2) is 6.42. The minimum atomic E-state index is -1.51. The molecule has 5 rings (SSSR count). The molecule has 0 spiro atoms. The molecule has 0 unspecified atom stereocenters. The lowest BCUT2D eigenvalue weighted by Gasteiger charge is -2.44. The van der Waals surface area contributed by atoms with Gasteiger partial charge < -0.3 is 10.2 Å². The highest BCUT2D eigenvalue weighted by Gasteiger charge is 2.53. The van der Waals surface area contributed by atoms with Crippen LogP contribution in [-0.2, 0) is 11.2 Å². The molecule has 1 aliphatic carbocycles. The maximum Gasteiger partial charge on any atom is 0.151 e. The van der Waals surface area contributed by atoms with Crippen molar-refractivity contribution in [2.75, 3.05) is 0 Å². The van der Waals surface area contributed by atoms with Gasteiger partial charge in [-0.25, -0.2) is 0 Å². The van der Waals surface area contributed by atoms with E-state index < -0.39 is 11.2 Å². The molecule has 140 valence electrons. The van der Waals surface area contributed by atoms with Crippen molar-refractivity contribution in [2.45, 2.75) is 11.2 Å². The van der Waals surface area contributed by atoms with Gasteiger partial charge in [0.05, 0.1) is 0 Å². The summed E-state index contributed by atoms with van der Waals surface area (Å²) in [6.07, 6.45) is 0. The van der Waals surface area contributed by atoms with Crippen LogP contribution in [0.15, 0.2) is 71.4 Å². The first-order valence-corrected chi connectivity index (χ1v) is 11.1. The van der Waals surface area contributed by atoms with Gasteiger partial charge in [-0.1, -0.05) is 59.6 Å². The van der Waals surface area contributed by atoms with Crippen LogP contribution < -0.4 is 0 Å². The summed E-state index contributed by atoms with van der Waals surface area (Å²) in [5.74, 6) is 0. The maximum atomic E-state index is 12.1. The van der Waals surface area contributed by atoms with E-state index in [-0.39, 0.29) is 0 Å². The molecule has 0 saturated heterocycles. The summed E-state index contributed by atoms with van der Waals surface area (Å²) in [5, 5.41) is 28.9. The summed E-state index contributed by atoms with van der Waals surface area (Å²) in [6.45, 7) is 0. The molecule has 2 aromatic heterocycles. The van der Waals surface area contributed by atoms with Crippen molar-refractivity contribution < 1.29 is 10.2 Å². The molecule has 2 atom stereocenters. The first-order chi connectivity index (χ1) is 13.5. The van der Waals surface area contributed by atoms with Gasteiger partial charge in [0.1, 0.15) is 0 Å². The molecule has 0 amide bonds. The van der Waals surface area contributed by atoms with E-state index in [2.05, 4.69) is 0 Å². The average molecular weight is 445 g/mol. The molecule has 2 nitrogen and oxygen atoms in total. The van der Waals surface area contributed by atoms with Gasteiger partial charge in [0.25, 0.3) is 0 Å². The molecule has 4 aromatic rings. The van der Waals surface area contributed by atoms with Crippen LogP contribution in [0.5, 0.6) is 0 Å². The van der Waals surface area contributed by atoms with Crippen LogP contribution in [0.1, 0.15) is 32.0 Å². The predicted octanol–water partition coefficient (Wildman–Crippen LogP) is 6.00. The summed E-state index contributed by atoms with van der Waals surface area (Å²) < 4.78 is 0. The second-order valence-corrected chi connectivity index (χ2v) is 9.41. The fourth-order valence-electron chi connectivity index (χ4n) is 4.14. The fraction of sp³-hybridized carbons (Fsp3) is 0.0909. The van der Waals surface area contributed by atoms with E-state index in [0.717, 1.165) is 9.75 Å². The first kappa shape index (κ1) is 18.4. The highest BCUT2D eigenvalue weighted by atomic mass is 35.5. The van der Waals surface area contributed by atoms with Gasteiger partial charge in [0.15, 0.2) is 11.2 Å². The monoisotopic (exact) mass is 444 g/mol. The van der Waals surface area contributed by atoms with Gasteiger partial charge in [0, 0.05) is 42.1 Å². The summed E-state index contributed by atoms with van der Waals surface area (Å²) in [4.78, 5) is 1.44. The average Bonchev–Trinajstić information content (AvgIpc) is 3.40. The number of hydrogen-bond donors (Lipinski definition) is 2. The topological polar surface area (TPSA) is 40.5 Å². The molecule has 6 heteroatoms. The predicted molar refractivity (Wildman–Crippen MR) is 116 cm³/mol. The van der Waals surface area contributed by atoms with Crippen molar-refractivity contribution in [3.63, 3.8) is 0 Å². The lowest BCUT2D eigenvalue weighted by molar-refractivity contribution is 0.0788. The van der Waals surface area contributed by atoms with E-state index in [1.54, 1.807) is 24.3 Å². The van der Waals surface area contributed by atoms with Gasteiger partial charge in [-0.05, 0) is 35.0 Å². The van der Waals surface area contributed by atoms with Crippen molar-refractivity contribution >= 4 is 45.9 Å². The van der Waals surface area contributed by atoms with Crippen LogP contribution in [0, 0.1) is 0 Å². The number of rotatable bonds is 2. The molecule has 1 aliphatic rings. The standard InChI is InChI=1S/C22H14Cl2O2S2/c23-15-7-1-5-13-19(15)22(26,18-10-4-12-28-18)14-6-2-8-16(24)20(14)21(13,25)17-9-3-11-27-17/h1-12,25-26H/t21-,22-/m0/s1. The largest absolute Gasteiger partial charge is 0.375 e. The van der Waals surface area contributed by atoms with Crippen molar-refractivity contribution in [3.05, 3.63) is 113 Å². The Kier molecular flexibility index (Phi) is 4.22. The van der Waals surface area contributed by atoms with Crippen molar-refractivity contribution in [2.24, 2.45) is 0 Å². The van der Waals surface area contributed by atoms with Crippen molar-refractivity contribution in [1.29, 1.82) is 0 Å². The maximum absolute atomic E-state index is 12.1. The molecule has 0 bridgehead atoms. The minimum Gasteiger partial charge on any atom is -0.375 e. The summed E-state index contributed by atoms with van der Waals surface area (Å²) >= 11 is 16.2. The van der Waals surface area contributed by atoms with Gasteiger partial charge in [-0.3, -0.25) is 0 Å². The molecule has 0 saturated carbocycles. The Morgan fingerprint density at radius 3 is 1.39 bits per heavy atom. The zero-order valence-corrected chi connectivity index (χ0v) is 17.5. The quantitative estimate of drug-likeness (QED) is 0.398. The number of benzene rings is 2. The third-order valence-corrected chi connectivity index (χ3v) is 7.87. The highest BCUT2D eigenvalue weighted by Crippen LogP contribution is 2.57. The molecule has 2 heterocycles. The third-order valence-electron chi connectivity index (χ3n) is 5.29. The van der Waals surface area contributed by atoms with Gasteiger partial charge in [-0.15, -0.1) is 22.7 Å². The molecular weight excluding hydrogens is 431 g/mol. The molecule has 0 aliphatic heterocycles. The molecule has 0 radical (unpaired) electrons. The lowest BCUT2D eigenvalue weighted by atomic mass is 9.66. The number of hydrogen-bond acceptors (Lipinski definition) is 4. The van der Waals surface area contributed by atoms with E-state index in [1.165, 1.54) is 22.7 Å². The Balaban J connectivity index is 1.99. The van der Waals surface area contributed by atoms with Gasteiger partial charge in [-0.2, -0.15) is 0 Å². The van der Waals surface area contributed by atoms with Gasteiger partial charge in [0.2, 0.25) is 0 Å². The number of thiophene rings is 2. The molecule has 28 heavy (non-hydrogen) atoms. The van der Waals surface area contributed by atoms with Crippen LogP contribution in [0.3, 0.4) is 0 Å². The van der Waals surface area contributed by atoms with Gasteiger partial charge >= 0.3 is 0 Å². The fourth-order valence-corrected chi connectivity index (χ4v) is 6.45. The Hall–Kier alpha value is -1.66. The molecule has 2 aromatic carbocycles. The van der Waals surface area contributed by atoms with Crippen LogP contribution in [-0.4, -0.2) is 10.2 Å². The first-order valence-electron chi connectivity index (χ1n) is 8.60. The highest BCUT2D eigenvalue weighted by molar-refractivity contribution is 7.10. The zero-order valence-electron chi connectivity index (χ0n) is 14.4. The summed E-state index contributed by atoms with van der Waals surface area (Å²) in [7, 11) is 0. The Bertz CT molecular complexity index is 1080. The Labute approximate surface area is 180 Å². The Morgan fingerprint density at radius 1 is 0.607 bits per heavy atom. The molecule has 0 fully saturated rings. The normalized spacial score (nSPS) is 23.3. The van der Waals surface area contributed by atoms with Crippen LogP contribution in [0.4, 0.5) is 0 Å². The van der Waals surface area contributed by atoms with E-state index in [0.29, 0.717) is 32.3 Å². The van der Waals surface area contributed by atoms with Crippen LogP contribution in [0.25, 0.3) is 0 Å². The van der Waals surface area contributed by atoms with E-state index >= 15 is 0 Å². The lowest BCUT2D eigenvalue weighted by Crippen LogP contribution is -2.44. The SMILES string of the molecule is O[C@]1(c2cccs2)c2cccc(Cl)c2[C@@](O)(c2cccs2)c2cccc(Cl)c21. The smallest absolute Gasteiger partial charge is 0.151 e. The number of halogens is 2. The van der Waals surface area contributed by atoms with Crippen molar-refractivity contribution in [1.82, 2.24) is 0 Å². The second-order valence-electron chi connectivity index (χ2n) is 6.70. The number of fused-ring (bicyclic) bond motifs is 2. The minimum absolute atomic E-state index is 0.397. The third kappa shape index (κ3) is 2.28. The summed E-state index contributed by atoms with van der Waals surface area (Å²) in [6, 6.07) is 18.2. The van der Waals surface area contributed by atoms with E-state index in [4.69, 9.17) is 23.2 Å². The van der Waals surface area contributed by atoms with E-state index in [9.17, 15) is 10.2 Å². The van der Waals surface area contributed by atoms with Crippen LogP contribution >= 0.6 is 45.9 Å². The Morgan fingerprint density at radius 2 is 1.04 bits per heavy atom. The summed E-state index contributed by atoms with van der Waals surface area (Å²) in [5.41, 5.74) is -0.954.